The molecule has 2 aromatic rings. The maximum Gasteiger partial charge on any atom is 0.273 e. The number of amides is 1. The van der Waals surface area contributed by atoms with Gasteiger partial charge < -0.3 is 10.2 Å². The number of fused-ring (bicyclic) bond motifs is 1. The number of carbonyl (C=O) groups is 1. The van der Waals surface area contributed by atoms with Gasteiger partial charge in [0, 0.05) is 19.3 Å². The Morgan fingerprint density at radius 3 is 2.94 bits per heavy atom. The lowest BCUT2D eigenvalue weighted by Crippen LogP contribution is -2.31. The lowest BCUT2D eigenvalue weighted by Gasteiger charge is -2.09. The van der Waals surface area contributed by atoms with E-state index in [0.29, 0.717) is 11.6 Å². The van der Waals surface area contributed by atoms with Gasteiger partial charge in [-0.25, -0.2) is 4.52 Å². The van der Waals surface area contributed by atoms with E-state index in [9.17, 15) is 4.79 Å². The van der Waals surface area contributed by atoms with Crippen molar-refractivity contribution >= 4 is 23.0 Å². The van der Waals surface area contributed by atoms with E-state index < -0.39 is 0 Å². The third kappa shape index (κ3) is 2.63. The van der Waals surface area contributed by atoms with E-state index in [1.54, 1.807) is 10.7 Å². The van der Waals surface area contributed by atoms with Crippen molar-refractivity contribution in [1.82, 2.24) is 19.8 Å². The van der Waals surface area contributed by atoms with Crippen molar-refractivity contribution in [1.29, 1.82) is 0 Å². The zero-order chi connectivity index (χ0) is 13.1. The standard InChI is InChI=1S/C12H15ClN4O/c1-16(2)8-6-14-12(18)11-10(13)9-5-3-4-7-17(9)15-11/h3-5,7H,6,8H2,1-2H3,(H,14,18). The van der Waals surface area contributed by atoms with Crippen LogP contribution in [0.3, 0.4) is 0 Å². The van der Waals surface area contributed by atoms with E-state index in [-0.39, 0.29) is 11.6 Å². The minimum atomic E-state index is -0.245. The quantitative estimate of drug-likeness (QED) is 0.907. The van der Waals surface area contributed by atoms with Gasteiger partial charge in [0.15, 0.2) is 5.69 Å². The first-order valence-corrected chi connectivity index (χ1v) is 6.03. The largest absolute Gasteiger partial charge is 0.349 e. The highest BCUT2D eigenvalue weighted by Crippen LogP contribution is 2.21. The molecule has 96 valence electrons. The van der Waals surface area contributed by atoms with Crippen molar-refractivity contribution in [3.05, 3.63) is 35.1 Å². The van der Waals surface area contributed by atoms with Gasteiger partial charge in [-0.1, -0.05) is 17.7 Å². The lowest BCUT2D eigenvalue weighted by atomic mass is 10.3. The Morgan fingerprint density at radius 1 is 1.50 bits per heavy atom. The molecule has 18 heavy (non-hydrogen) atoms. The van der Waals surface area contributed by atoms with E-state index in [2.05, 4.69) is 10.4 Å². The molecule has 0 atom stereocenters. The van der Waals surface area contributed by atoms with Crippen molar-refractivity contribution in [2.24, 2.45) is 0 Å². The summed E-state index contributed by atoms with van der Waals surface area (Å²) in [4.78, 5) is 13.9. The molecule has 0 saturated heterocycles. The van der Waals surface area contributed by atoms with E-state index in [1.165, 1.54) is 0 Å². The zero-order valence-electron chi connectivity index (χ0n) is 10.4. The molecule has 0 bridgehead atoms. The molecule has 0 radical (unpaired) electrons. The normalized spacial score (nSPS) is 11.1. The monoisotopic (exact) mass is 266 g/mol. The predicted octanol–water partition coefficient (Wildman–Crippen LogP) is 1.28. The Kier molecular flexibility index (Phi) is 3.84. The van der Waals surface area contributed by atoms with Crippen LogP contribution in [0.4, 0.5) is 0 Å². The Balaban J connectivity index is 2.15. The fourth-order valence-corrected chi connectivity index (χ4v) is 1.86. The second-order valence-corrected chi connectivity index (χ2v) is 4.63. The molecule has 0 aliphatic carbocycles. The first-order valence-electron chi connectivity index (χ1n) is 5.65. The molecule has 2 aromatic heterocycles. The fraction of sp³-hybridized carbons (Fsp3) is 0.333. The maximum absolute atomic E-state index is 11.9. The highest BCUT2D eigenvalue weighted by molar-refractivity contribution is 6.36. The topological polar surface area (TPSA) is 49.6 Å². The van der Waals surface area contributed by atoms with Crippen molar-refractivity contribution in [2.45, 2.75) is 0 Å². The highest BCUT2D eigenvalue weighted by atomic mass is 35.5. The number of rotatable bonds is 4. The molecule has 0 aliphatic heterocycles. The van der Waals surface area contributed by atoms with Gasteiger partial charge in [-0.3, -0.25) is 4.79 Å². The van der Waals surface area contributed by atoms with Crippen LogP contribution in [-0.2, 0) is 0 Å². The molecular formula is C12H15ClN4O. The van der Waals surface area contributed by atoms with Crippen molar-refractivity contribution < 1.29 is 4.79 Å². The highest BCUT2D eigenvalue weighted by Gasteiger charge is 2.16. The second kappa shape index (κ2) is 5.37. The number of nitrogens with zero attached hydrogens (tertiary/aromatic N) is 3. The molecule has 0 aliphatic rings. The summed E-state index contributed by atoms with van der Waals surface area (Å²) in [5.74, 6) is -0.245. The number of aromatic nitrogens is 2. The summed E-state index contributed by atoms with van der Waals surface area (Å²) in [6, 6.07) is 5.52. The van der Waals surface area contributed by atoms with Crippen molar-refractivity contribution in [3.8, 4) is 0 Å². The molecule has 6 heteroatoms. The van der Waals surface area contributed by atoms with Crippen LogP contribution in [-0.4, -0.2) is 47.6 Å². The van der Waals surface area contributed by atoms with E-state index in [4.69, 9.17) is 11.6 Å². The molecule has 0 fully saturated rings. The third-order valence-corrected chi connectivity index (χ3v) is 2.91. The Morgan fingerprint density at radius 2 is 2.28 bits per heavy atom. The molecule has 0 aromatic carbocycles. The van der Waals surface area contributed by atoms with Gasteiger partial charge in [0.2, 0.25) is 0 Å². The number of hydrogen-bond acceptors (Lipinski definition) is 3. The summed E-state index contributed by atoms with van der Waals surface area (Å²) in [5, 5.41) is 7.35. The molecule has 5 nitrogen and oxygen atoms in total. The average Bonchev–Trinajstić information content (AvgIpc) is 2.67. The summed E-state index contributed by atoms with van der Waals surface area (Å²) in [6.45, 7) is 1.34. The number of pyridine rings is 1. The molecule has 0 spiro atoms. The van der Waals surface area contributed by atoms with Gasteiger partial charge in [-0.15, -0.1) is 0 Å². The van der Waals surface area contributed by atoms with Crippen molar-refractivity contribution in [3.63, 3.8) is 0 Å². The number of halogens is 1. The van der Waals surface area contributed by atoms with Crippen LogP contribution in [0.5, 0.6) is 0 Å². The molecular weight excluding hydrogens is 252 g/mol. The first-order chi connectivity index (χ1) is 8.59. The number of likely N-dealkylation sites (N-methyl/N-ethyl adjacent to an activating group) is 1. The summed E-state index contributed by atoms with van der Waals surface area (Å²) in [5.41, 5.74) is 0.999. The molecule has 2 heterocycles. The number of carbonyl (C=O) groups excluding carboxylic acids is 1. The maximum atomic E-state index is 11.9. The van der Waals surface area contributed by atoms with Crippen LogP contribution in [0.2, 0.25) is 5.02 Å². The molecule has 2 rings (SSSR count). The second-order valence-electron chi connectivity index (χ2n) is 4.25. The third-order valence-electron chi connectivity index (χ3n) is 2.54. The van der Waals surface area contributed by atoms with Crippen LogP contribution < -0.4 is 5.32 Å². The van der Waals surface area contributed by atoms with Crippen LogP contribution in [0.25, 0.3) is 5.52 Å². The Hall–Kier alpha value is -1.59. The lowest BCUT2D eigenvalue weighted by molar-refractivity contribution is 0.0946. The van der Waals surface area contributed by atoms with Crippen LogP contribution in [0.15, 0.2) is 24.4 Å². The number of nitrogens with one attached hydrogen (secondary N) is 1. The molecule has 0 unspecified atom stereocenters. The van der Waals surface area contributed by atoms with Crippen LogP contribution in [0, 0.1) is 0 Å². The fourth-order valence-electron chi connectivity index (χ4n) is 1.59. The van der Waals surface area contributed by atoms with Gasteiger partial charge in [0.05, 0.1) is 10.5 Å². The average molecular weight is 267 g/mol. The van der Waals surface area contributed by atoms with Gasteiger partial charge in [-0.2, -0.15) is 5.10 Å². The van der Waals surface area contributed by atoms with Gasteiger partial charge in [-0.05, 0) is 26.2 Å². The smallest absolute Gasteiger partial charge is 0.273 e. The molecule has 0 saturated carbocycles. The summed E-state index contributed by atoms with van der Waals surface area (Å²) < 4.78 is 1.60. The van der Waals surface area contributed by atoms with Crippen LogP contribution in [0.1, 0.15) is 10.5 Å². The summed E-state index contributed by atoms with van der Waals surface area (Å²) >= 11 is 6.14. The SMILES string of the molecule is CN(C)CCNC(=O)c1nn2ccccc2c1Cl. The van der Waals surface area contributed by atoms with E-state index in [0.717, 1.165) is 12.1 Å². The van der Waals surface area contributed by atoms with E-state index in [1.807, 2.05) is 37.2 Å². The minimum Gasteiger partial charge on any atom is -0.349 e. The van der Waals surface area contributed by atoms with Gasteiger partial charge in [0.25, 0.3) is 5.91 Å². The zero-order valence-corrected chi connectivity index (χ0v) is 11.1. The van der Waals surface area contributed by atoms with Gasteiger partial charge in [0.1, 0.15) is 0 Å². The summed E-state index contributed by atoms with van der Waals surface area (Å²) in [7, 11) is 3.90. The predicted molar refractivity (Wildman–Crippen MR) is 71.1 cm³/mol. The molecule has 1 amide bonds. The molecule has 1 N–H and O–H groups in total. The van der Waals surface area contributed by atoms with Crippen LogP contribution >= 0.6 is 11.6 Å². The Labute approximate surface area is 110 Å². The van der Waals surface area contributed by atoms with E-state index >= 15 is 0 Å². The summed E-state index contributed by atoms with van der Waals surface area (Å²) in [6.07, 6.45) is 1.76. The Bertz CT molecular complexity index is 564. The van der Waals surface area contributed by atoms with Gasteiger partial charge >= 0.3 is 0 Å². The number of hydrogen-bond donors (Lipinski definition) is 1. The van der Waals surface area contributed by atoms with Crippen molar-refractivity contribution in [2.75, 3.05) is 27.2 Å². The first kappa shape index (κ1) is 12.9. The minimum absolute atomic E-state index is 0.245.